The van der Waals surface area contributed by atoms with Crippen molar-refractivity contribution in [3.05, 3.63) is 84.4 Å². The first kappa shape index (κ1) is 22.6. The van der Waals surface area contributed by atoms with Gasteiger partial charge >= 0.3 is 0 Å². The molecule has 0 spiro atoms. The SMILES string of the molecule is O=C(C=Cc1cccc2ccccc12)NC(=S)NNC(=O)CCC(=O)Nc1ccccc1. The third-order valence-corrected chi connectivity index (χ3v) is 4.63. The number of carbonyl (C=O) groups excluding carboxylic acids is 3. The lowest BCUT2D eigenvalue weighted by atomic mass is 10.0. The van der Waals surface area contributed by atoms with Crippen LogP contribution >= 0.6 is 12.2 Å². The second-order valence-electron chi connectivity index (χ2n) is 6.81. The normalized spacial score (nSPS) is 10.5. The van der Waals surface area contributed by atoms with Gasteiger partial charge in [0.2, 0.25) is 17.7 Å². The zero-order chi connectivity index (χ0) is 22.8. The van der Waals surface area contributed by atoms with E-state index in [1.54, 1.807) is 30.3 Å². The summed E-state index contributed by atoms with van der Waals surface area (Å²) in [6.07, 6.45) is 3.04. The molecule has 8 heteroatoms. The van der Waals surface area contributed by atoms with E-state index in [4.69, 9.17) is 12.2 Å². The first-order valence-corrected chi connectivity index (χ1v) is 10.3. The van der Waals surface area contributed by atoms with Crippen LogP contribution in [-0.2, 0) is 14.4 Å². The van der Waals surface area contributed by atoms with Crippen molar-refractivity contribution in [1.82, 2.24) is 16.2 Å². The van der Waals surface area contributed by atoms with Gasteiger partial charge in [-0.3, -0.25) is 30.6 Å². The van der Waals surface area contributed by atoms with Crippen molar-refractivity contribution in [2.45, 2.75) is 12.8 Å². The number of thiocarbonyl (C=S) groups is 1. The highest BCUT2D eigenvalue weighted by atomic mass is 32.1. The van der Waals surface area contributed by atoms with Gasteiger partial charge in [-0.1, -0.05) is 60.7 Å². The number of amides is 3. The molecule has 0 saturated carbocycles. The number of hydrazine groups is 1. The van der Waals surface area contributed by atoms with Crippen molar-refractivity contribution in [2.24, 2.45) is 0 Å². The molecule has 0 unspecified atom stereocenters. The quantitative estimate of drug-likeness (QED) is 0.265. The maximum Gasteiger partial charge on any atom is 0.250 e. The van der Waals surface area contributed by atoms with Crippen LogP contribution in [0.25, 0.3) is 16.8 Å². The number of carbonyl (C=O) groups is 3. The Balaban J connectivity index is 1.39. The van der Waals surface area contributed by atoms with Crippen LogP contribution in [0.5, 0.6) is 0 Å². The van der Waals surface area contributed by atoms with Crippen LogP contribution in [0.4, 0.5) is 5.69 Å². The van der Waals surface area contributed by atoms with E-state index in [9.17, 15) is 14.4 Å². The summed E-state index contributed by atoms with van der Waals surface area (Å²) in [4.78, 5) is 35.9. The second-order valence-corrected chi connectivity index (χ2v) is 7.22. The number of benzene rings is 3. The summed E-state index contributed by atoms with van der Waals surface area (Å²) in [5, 5.41) is 7.20. The highest BCUT2D eigenvalue weighted by Crippen LogP contribution is 2.19. The zero-order valence-corrected chi connectivity index (χ0v) is 17.9. The fraction of sp³-hybridized carbons (Fsp3) is 0.0833. The number of anilines is 1. The van der Waals surface area contributed by atoms with Crippen molar-refractivity contribution in [3.63, 3.8) is 0 Å². The molecule has 162 valence electrons. The van der Waals surface area contributed by atoms with E-state index in [0.29, 0.717) is 5.69 Å². The summed E-state index contributed by atoms with van der Waals surface area (Å²) < 4.78 is 0. The molecule has 3 rings (SSSR count). The number of hydrogen-bond donors (Lipinski definition) is 4. The molecule has 0 saturated heterocycles. The van der Waals surface area contributed by atoms with E-state index >= 15 is 0 Å². The van der Waals surface area contributed by atoms with Gasteiger partial charge < -0.3 is 5.32 Å². The van der Waals surface area contributed by atoms with E-state index < -0.39 is 11.8 Å². The Morgan fingerprint density at radius 2 is 1.47 bits per heavy atom. The van der Waals surface area contributed by atoms with Crippen molar-refractivity contribution in [3.8, 4) is 0 Å². The number of rotatable bonds is 6. The molecule has 0 atom stereocenters. The van der Waals surface area contributed by atoms with Crippen LogP contribution in [0.1, 0.15) is 18.4 Å². The van der Waals surface area contributed by atoms with Crippen molar-refractivity contribution < 1.29 is 14.4 Å². The molecule has 0 heterocycles. The number of hydrogen-bond acceptors (Lipinski definition) is 4. The van der Waals surface area contributed by atoms with Gasteiger partial charge in [0.15, 0.2) is 5.11 Å². The molecule has 0 fully saturated rings. The van der Waals surface area contributed by atoms with Crippen LogP contribution in [0, 0.1) is 0 Å². The van der Waals surface area contributed by atoms with E-state index in [1.165, 1.54) is 6.08 Å². The highest BCUT2D eigenvalue weighted by molar-refractivity contribution is 7.80. The molecule has 0 aliphatic heterocycles. The molecule has 0 bridgehead atoms. The minimum atomic E-state index is -0.438. The van der Waals surface area contributed by atoms with Crippen LogP contribution in [-0.4, -0.2) is 22.8 Å². The third kappa shape index (κ3) is 7.03. The Hall–Kier alpha value is -4.04. The lowest BCUT2D eigenvalue weighted by Crippen LogP contribution is -2.48. The Morgan fingerprint density at radius 1 is 0.781 bits per heavy atom. The van der Waals surface area contributed by atoms with Gasteiger partial charge in [-0.15, -0.1) is 0 Å². The predicted octanol–water partition coefficient (Wildman–Crippen LogP) is 3.29. The van der Waals surface area contributed by atoms with Gasteiger partial charge in [0.05, 0.1) is 0 Å². The molecular formula is C24H22N4O3S. The smallest absolute Gasteiger partial charge is 0.250 e. The van der Waals surface area contributed by atoms with E-state index in [1.807, 2.05) is 48.5 Å². The molecule has 4 N–H and O–H groups in total. The number of nitrogens with one attached hydrogen (secondary N) is 4. The van der Waals surface area contributed by atoms with Crippen LogP contribution < -0.4 is 21.5 Å². The topological polar surface area (TPSA) is 99.3 Å². The van der Waals surface area contributed by atoms with E-state index in [2.05, 4.69) is 21.5 Å². The maximum absolute atomic E-state index is 12.1. The summed E-state index contributed by atoms with van der Waals surface area (Å²) in [5.74, 6) is -1.15. The molecule has 32 heavy (non-hydrogen) atoms. The second kappa shape index (κ2) is 11.4. The summed E-state index contributed by atoms with van der Waals surface area (Å²) in [7, 11) is 0. The highest BCUT2D eigenvalue weighted by Gasteiger charge is 2.08. The van der Waals surface area contributed by atoms with Gasteiger partial charge in [0.25, 0.3) is 0 Å². The van der Waals surface area contributed by atoms with Crippen molar-refractivity contribution in [1.29, 1.82) is 0 Å². The molecule has 0 aliphatic rings. The molecule has 7 nitrogen and oxygen atoms in total. The largest absolute Gasteiger partial charge is 0.326 e. The first-order valence-electron chi connectivity index (χ1n) is 9.92. The standard InChI is InChI=1S/C24H22N4O3S/c29-21(25-19-10-2-1-3-11-19)15-16-23(31)27-28-24(32)26-22(30)14-13-18-9-6-8-17-7-4-5-12-20(17)18/h1-14H,15-16H2,(H,25,29)(H,27,31)(H2,26,28,30,32). The van der Waals surface area contributed by atoms with Gasteiger partial charge in [0, 0.05) is 24.6 Å². The molecule has 3 amide bonds. The van der Waals surface area contributed by atoms with Crippen molar-refractivity contribution >= 4 is 57.6 Å². The summed E-state index contributed by atoms with van der Waals surface area (Å²) in [5.41, 5.74) is 6.37. The summed E-state index contributed by atoms with van der Waals surface area (Å²) >= 11 is 5.01. The van der Waals surface area contributed by atoms with Gasteiger partial charge in [-0.25, -0.2) is 0 Å². The maximum atomic E-state index is 12.1. The van der Waals surface area contributed by atoms with Gasteiger partial charge in [0.1, 0.15) is 0 Å². The first-order chi connectivity index (χ1) is 15.5. The fourth-order valence-electron chi connectivity index (χ4n) is 2.91. The molecular weight excluding hydrogens is 424 g/mol. The van der Waals surface area contributed by atoms with Crippen molar-refractivity contribution in [2.75, 3.05) is 5.32 Å². The van der Waals surface area contributed by atoms with E-state index in [0.717, 1.165) is 16.3 Å². The minimum absolute atomic E-state index is 0.00922. The van der Waals surface area contributed by atoms with Crippen LogP contribution in [0.3, 0.4) is 0 Å². The fourth-order valence-corrected chi connectivity index (χ4v) is 3.06. The van der Waals surface area contributed by atoms with E-state index in [-0.39, 0.29) is 23.9 Å². The predicted molar refractivity (Wildman–Crippen MR) is 129 cm³/mol. The van der Waals surface area contributed by atoms with Gasteiger partial charge in [-0.2, -0.15) is 0 Å². The Bertz CT molecular complexity index is 1160. The molecule has 0 aliphatic carbocycles. The van der Waals surface area contributed by atoms with Crippen LogP contribution in [0.15, 0.2) is 78.9 Å². The lowest BCUT2D eigenvalue weighted by molar-refractivity contribution is -0.124. The average Bonchev–Trinajstić information content (AvgIpc) is 2.80. The average molecular weight is 447 g/mol. The Kier molecular flexibility index (Phi) is 8.05. The monoisotopic (exact) mass is 446 g/mol. The lowest BCUT2D eigenvalue weighted by Gasteiger charge is -2.10. The molecule has 0 aromatic heterocycles. The minimum Gasteiger partial charge on any atom is -0.326 e. The third-order valence-electron chi connectivity index (χ3n) is 4.43. The zero-order valence-electron chi connectivity index (χ0n) is 17.1. The number of fused-ring (bicyclic) bond motifs is 1. The Labute approximate surface area is 190 Å². The molecule has 0 radical (unpaired) electrons. The molecule has 3 aromatic rings. The Morgan fingerprint density at radius 3 is 2.28 bits per heavy atom. The number of para-hydroxylation sites is 1. The molecule has 3 aromatic carbocycles. The summed E-state index contributed by atoms with van der Waals surface area (Å²) in [6, 6.07) is 22.7. The summed E-state index contributed by atoms with van der Waals surface area (Å²) in [6.45, 7) is 0. The van der Waals surface area contributed by atoms with Crippen LogP contribution in [0.2, 0.25) is 0 Å². The van der Waals surface area contributed by atoms with Gasteiger partial charge in [-0.05, 0) is 46.8 Å².